The Hall–Kier alpha value is -3.95. The van der Waals surface area contributed by atoms with Crippen molar-refractivity contribution in [2.24, 2.45) is 0 Å². The molecular formula is C29H26N4O3S2. The van der Waals surface area contributed by atoms with E-state index in [1.807, 2.05) is 65.6 Å². The van der Waals surface area contributed by atoms with E-state index in [1.165, 1.54) is 18.7 Å². The highest BCUT2D eigenvalue weighted by atomic mass is 32.2. The normalized spacial score (nSPS) is 17.2. The van der Waals surface area contributed by atoms with Crippen molar-refractivity contribution in [3.8, 4) is 0 Å². The van der Waals surface area contributed by atoms with E-state index in [4.69, 9.17) is 0 Å². The van der Waals surface area contributed by atoms with E-state index in [2.05, 4.69) is 28.1 Å². The summed E-state index contributed by atoms with van der Waals surface area (Å²) < 4.78 is 0. The molecule has 0 saturated carbocycles. The summed E-state index contributed by atoms with van der Waals surface area (Å²) in [5.41, 5.74) is 2.87. The van der Waals surface area contributed by atoms with Gasteiger partial charge >= 0.3 is 6.03 Å². The molecule has 9 heteroatoms. The van der Waals surface area contributed by atoms with Gasteiger partial charge in [-0.2, -0.15) is 0 Å². The number of para-hydroxylation sites is 1. The van der Waals surface area contributed by atoms with Crippen molar-refractivity contribution in [3.05, 3.63) is 97.1 Å². The highest BCUT2D eigenvalue weighted by Crippen LogP contribution is 2.43. The Morgan fingerprint density at radius 3 is 2.37 bits per heavy atom. The molecular weight excluding hydrogens is 516 g/mol. The zero-order chi connectivity index (χ0) is 26.5. The van der Waals surface area contributed by atoms with E-state index < -0.39 is 0 Å². The molecule has 2 aliphatic rings. The molecule has 3 N–H and O–H groups in total. The van der Waals surface area contributed by atoms with Crippen LogP contribution in [0.15, 0.2) is 107 Å². The van der Waals surface area contributed by atoms with E-state index in [9.17, 15) is 14.4 Å². The number of thioether (sulfide) groups is 2. The van der Waals surface area contributed by atoms with Gasteiger partial charge < -0.3 is 16.0 Å². The fourth-order valence-corrected chi connectivity index (χ4v) is 6.27. The first-order valence-corrected chi connectivity index (χ1v) is 13.9. The predicted octanol–water partition coefficient (Wildman–Crippen LogP) is 6.38. The lowest BCUT2D eigenvalue weighted by atomic mass is 10.1. The van der Waals surface area contributed by atoms with Crippen molar-refractivity contribution in [1.29, 1.82) is 0 Å². The van der Waals surface area contributed by atoms with Gasteiger partial charge in [-0.15, -0.1) is 23.5 Å². The summed E-state index contributed by atoms with van der Waals surface area (Å²) in [6.07, 6.45) is 8.20. The van der Waals surface area contributed by atoms with Gasteiger partial charge in [0.2, 0.25) is 11.8 Å². The average Bonchev–Trinajstić information content (AvgIpc) is 2.91. The van der Waals surface area contributed by atoms with Crippen molar-refractivity contribution in [2.45, 2.75) is 28.0 Å². The average molecular weight is 543 g/mol. The van der Waals surface area contributed by atoms with Crippen molar-refractivity contribution >= 4 is 64.1 Å². The fraction of sp³-hybridized carbons (Fsp3) is 0.138. The molecule has 1 aliphatic carbocycles. The van der Waals surface area contributed by atoms with E-state index in [0.717, 1.165) is 15.5 Å². The molecule has 5 rings (SSSR count). The monoisotopic (exact) mass is 542 g/mol. The highest BCUT2D eigenvalue weighted by molar-refractivity contribution is 8.00. The van der Waals surface area contributed by atoms with Crippen LogP contribution in [-0.4, -0.2) is 34.9 Å². The number of benzene rings is 3. The number of hydrogen-bond donors (Lipinski definition) is 3. The van der Waals surface area contributed by atoms with Crippen molar-refractivity contribution < 1.29 is 14.4 Å². The van der Waals surface area contributed by atoms with Gasteiger partial charge in [-0.25, -0.2) is 4.79 Å². The van der Waals surface area contributed by atoms with Crippen LogP contribution in [0.25, 0.3) is 0 Å². The molecule has 1 aliphatic heterocycles. The zero-order valence-corrected chi connectivity index (χ0v) is 22.2. The standard InChI is InChI=1S/C29H26N4O3S2/c1-19(34)30-20-13-15-21(16-14-20)31-28(35)18-37-23-8-6-7-22(17-23)32-29(36)33-24-9-2-4-11-26(24)38-27-12-5-3-10-25(27)33/h2-17,24,26H,18H2,1H3,(H,30,34)(H,31,35)(H,32,36). The fourth-order valence-electron chi connectivity index (χ4n) is 4.26. The van der Waals surface area contributed by atoms with Gasteiger partial charge in [-0.05, 0) is 54.6 Å². The largest absolute Gasteiger partial charge is 0.326 e. The summed E-state index contributed by atoms with van der Waals surface area (Å²) in [6.45, 7) is 1.44. The number of fused-ring (bicyclic) bond motifs is 2. The number of rotatable bonds is 6. The molecule has 2 unspecified atom stereocenters. The van der Waals surface area contributed by atoms with Gasteiger partial charge in [0.15, 0.2) is 0 Å². The Bertz CT molecular complexity index is 1420. The molecule has 4 amide bonds. The minimum Gasteiger partial charge on any atom is -0.326 e. The van der Waals surface area contributed by atoms with Crippen LogP contribution in [0.2, 0.25) is 0 Å². The van der Waals surface area contributed by atoms with Crippen LogP contribution in [0, 0.1) is 0 Å². The molecule has 3 aromatic carbocycles. The first-order chi connectivity index (χ1) is 18.5. The third kappa shape index (κ3) is 6.12. The quantitative estimate of drug-likeness (QED) is 0.314. The summed E-state index contributed by atoms with van der Waals surface area (Å²) in [4.78, 5) is 40.9. The first kappa shape index (κ1) is 25.7. The van der Waals surface area contributed by atoms with Crippen molar-refractivity contribution in [1.82, 2.24) is 0 Å². The van der Waals surface area contributed by atoms with E-state index in [1.54, 1.807) is 36.0 Å². The molecule has 0 bridgehead atoms. The SMILES string of the molecule is CC(=O)Nc1ccc(NC(=O)CSc2cccc(NC(=O)N3c4ccccc4SC4C=CC=CC43)c2)cc1. The highest BCUT2D eigenvalue weighted by Gasteiger charge is 2.36. The van der Waals surface area contributed by atoms with Gasteiger partial charge in [0.1, 0.15) is 0 Å². The Labute approximate surface area is 229 Å². The van der Waals surface area contributed by atoms with Crippen LogP contribution >= 0.6 is 23.5 Å². The maximum absolute atomic E-state index is 13.5. The molecule has 2 atom stereocenters. The van der Waals surface area contributed by atoms with Gasteiger partial charge in [0.25, 0.3) is 0 Å². The minimum absolute atomic E-state index is 0.0755. The molecule has 0 aromatic heterocycles. The number of nitrogens with zero attached hydrogens (tertiary/aromatic N) is 1. The smallest absolute Gasteiger partial charge is 0.326 e. The van der Waals surface area contributed by atoms with Gasteiger partial charge in [0, 0.05) is 33.8 Å². The zero-order valence-electron chi connectivity index (χ0n) is 20.6. The summed E-state index contributed by atoms with van der Waals surface area (Å²) in [7, 11) is 0. The topological polar surface area (TPSA) is 90.5 Å². The number of carbonyl (C=O) groups is 3. The summed E-state index contributed by atoms with van der Waals surface area (Å²) in [6, 6.07) is 22.1. The molecule has 0 radical (unpaired) electrons. The minimum atomic E-state index is -0.199. The molecule has 7 nitrogen and oxygen atoms in total. The third-order valence-corrected chi connectivity index (χ3v) is 8.21. The van der Waals surface area contributed by atoms with E-state index in [-0.39, 0.29) is 34.9 Å². The summed E-state index contributed by atoms with van der Waals surface area (Å²) >= 11 is 3.15. The van der Waals surface area contributed by atoms with Crippen LogP contribution < -0.4 is 20.9 Å². The van der Waals surface area contributed by atoms with Crippen LogP contribution in [0.4, 0.5) is 27.5 Å². The number of carbonyl (C=O) groups excluding carboxylic acids is 3. The Kier molecular flexibility index (Phi) is 7.86. The summed E-state index contributed by atoms with van der Waals surface area (Å²) in [5, 5.41) is 8.75. The molecule has 3 aromatic rings. The van der Waals surface area contributed by atoms with Crippen LogP contribution in [0.5, 0.6) is 0 Å². The van der Waals surface area contributed by atoms with Crippen molar-refractivity contribution in [2.75, 3.05) is 26.6 Å². The number of hydrogen-bond acceptors (Lipinski definition) is 5. The molecule has 192 valence electrons. The second-order valence-electron chi connectivity index (χ2n) is 8.73. The lowest BCUT2D eigenvalue weighted by Crippen LogP contribution is -2.49. The van der Waals surface area contributed by atoms with Gasteiger partial charge in [0.05, 0.1) is 22.7 Å². The lowest BCUT2D eigenvalue weighted by Gasteiger charge is -2.40. The van der Waals surface area contributed by atoms with Crippen LogP contribution in [-0.2, 0) is 9.59 Å². The molecule has 38 heavy (non-hydrogen) atoms. The van der Waals surface area contributed by atoms with Crippen molar-refractivity contribution in [3.63, 3.8) is 0 Å². The maximum atomic E-state index is 13.5. The predicted molar refractivity (Wildman–Crippen MR) is 156 cm³/mol. The molecule has 0 fully saturated rings. The number of nitrogens with one attached hydrogen (secondary N) is 3. The first-order valence-electron chi connectivity index (χ1n) is 12.1. The van der Waals surface area contributed by atoms with Crippen LogP contribution in [0.1, 0.15) is 6.92 Å². The Morgan fingerprint density at radius 2 is 1.58 bits per heavy atom. The molecule has 0 spiro atoms. The third-order valence-electron chi connectivity index (χ3n) is 5.91. The van der Waals surface area contributed by atoms with E-state index >= 15 is 0 Å². The number of allylic oxidation sites excluding steroid dienone is 2. The van der Waals surface area contributed by atoms with Gasteiger partial charge in [-0.1, -0.05) is 42.5 Å². The summed E-state index contributed by atoms with van der Waals surface area (Å²) in [5.74, 6) is -0.0894. The number of anilines is 4. The lowest BCUT2D eigenvalue weighted by molar-refractivity contribution is -0.114. The Morgan fingerprint density at radius 1 is 0.842 bits per heavy atom. The van der Waals surface area contributed by atoms with E-state index in [0.29, 0.717) is 17.1 Å². The molecule has 0 saturated heterocycles. The maximum Gasteiger partial charge on any atom is 0.326 e. The second-order valence-corrected chi connectivity index (χ2v) is 11.0. The molecule has 1 heterocycles. The second kappa shape index (κ2) is 11.6. The number of urea groups is 1. The van der Waals surface area contributed by atoms with Crippen LogP contribution in [0.3, 0.4) is 0 Å². The van der Waals surface area contributed by atoms with Gasteiger partial charge in [-0.3, -0.25) is 14.5 Å². The Balaban J connectivity index is 1.21. The number of amides is 4.